The first-order valence-corrected chi connectivity index (χ1v) is 5.92. The van der Waals surface area contributed by atoms with E-state index < -0.39 is 0 Å². The Bertz CT molecular complexity index is 420. The number of carbonyl (C=O) groups excluding carboxylic acids is 1. The lowest BCUT2D eigenvalue weighted by molar-refractivity contribution is -0.121. The van der Waals surface area contributed by atoms with Crippen molar-refractivity contribution in [1.82, 2.24) is 14.9 Å². The zero-order valence-corrected chi connectivity index (χ0v) is 9.74. The summed E-state index contributed by atoms with van der Waals surface area (Å²) in [5.74, 6) is 0.584. The van der Waals surface area contributed by atoms with Gasteiger partial charge in [-0.25, -0.2) is 9.97 Å². The highest BCUT2D eigenvalue weighted by atomic mass is 16.5. The van der Waals surface area contributed by atoms with Crippen LogP contribution in [0.1, 0.15) is 18.4 Å². The zero-order chi connectivity index (χ0) is 11.8. The smallest absolute Gasteiger partial charge is 0.316 e. The van der Waals surface area contributed by atoms with E-state index in [1.807, 2.05) is 11.8 Å². The second-order valence-corrected chi connectivity index (χ2v) is 4.91. The fourth-order valence-electron chi connectivity index (χ4n) is 2.83. The number of carbonyl (C=O) groups is 1. The number of amides is 1. The van der Waals surface area contributed by atoms with Gasteiger partial charge in [0.25, 0.3) is 0 Å². The third-order valence-electron chi connectivity index (χ3n) is 3.61. The van der Waals surface area contributed by atoms with E-state index in [4.69, 9.17) is 4.74 Å². The molecule has 3 rings (SSSR count). The van der Waals surface area contributed by atoms with Crippen molar-refractivity contribution < 1.29 is 9.53 Å². The minimum Gasteiger partial charge on any atom is -0.458 e. The summed E-state index contributed by atoms with van der Waals surface area (Å²) in [5, 5.41) is 0. The van der Waals surface area contributed by atoms with Crippen LogP contribution in [0.5, 0.6) is 6.01 Å². The normalized spacial score (nSPS) is 30.6. The lowest BCUT2D eigenvalue weighted by Crippen LogP contribution is -2.43. The molecule has 2 heterocycles. The Labute approximate surface area is 99.8 Å². The second-order valence-electron chi connectivity index (χ2n) is 4.91. The van der Waals surface area contributed by atoms with Crippen LogP contribution in [0.2, 0.25) is 0 Å². The van der Waals surface area contributed by atoms with Crippen LogP contribution in [0, 0.1) is 12.8 Å². The molecule has 1 aliphatic heterocycles. The standard InChI is InChI=1S/C12H15N3O2/c1-8-4-13-12(14-5-8)17-11-3-9-2-10(11)15(6-9)7-16/h4-5,7,9-11H,2-3,6H2,1H3/t9-,10+,11-/m1/s1. The molecule has 0 spiro atoms. The van der Waals surface area contributed by atoms with Gasteiger partial charge in [0, 0.05) is 18.9 Å². The monoisotopic (exact) mass is 233 g/mol. The SMILES string of the molecule is Cc1cnc(O[C@@H]2C[C@H]3C[C@@H]2N(C=O)C3)nc1. The Morgan fingerprint density at radius 3 is 2.82 bits per heavy atom. The number of aromatic nitrogens is 2. The number of rotatable bonds is 3. The predicted molar refractivity (Wildman–Crippen MR) is 60.5 cm³/mol. The van der Waals surface area contributed by atoms with Gasteiger partial charge in [0.2, 0.25) is 6.41 Å². The minimum atomic E-state index is 0.0571. The molecule has 2 aliphatic rings. The molecule has 1 saturated heterocycles. The lowest BCUT2D eigenvalue weighted by Gasteiger charge is -2.29. The number of hydrogen-bond acceptors (Lipinski definition) is 4. The number of nitrogens with zero attached hydrogens (tertiary/aromatic N) is 3. The Morgan fingerprint density at radius 2 is 2.18 bits per heavy atom. The first-order valence-electron chi connectivity index (χ1n) is 5.92. The highest BCUT2D eigenvalue weighted by Crippen LogP contribution is 2.38. The molecule has 1 aromatic rings. The van der Waals surface area contributed by atoms with Crippen molar-refractivity contribution in [2.24, 2.45) is 5.92 Å². The molecule has 0 radical (unpaired) electrons. The topological polar surface area (TPSA) is 55.3 Å². The van der Waals surface area contributed by atoms with Gasteiger partial charge in [-0.05, 0) is 31.2 Å². The van der Waals surface area contributed by atoms with Gasteiger partial charge in [-0.2, -0.15) is 0 Å². The summed E-state index contributed by atoms with van der Waals surface area (Å²) < 4.78 is 5.77. The number of aryl methyl sites for hydroxylation is 1. The number of hydrogen-bond donors (Lipinski definition) is 0. The summed E-state index contributed by atoms with van der Waals surface area (Å²) in [6, 6.07) is 0.626. The molecule has 1 aliphatic carbocycles. The number of piperidine rings is 1. The van der Waals surface area contributed by atoms with Crippen LogP contribution in [-0.4, -0.2) is 40.0 Å². The Morgan fingerprint density at radius 1 is 1.41 bits per heavy atom. The van der Waals surface area contributed by atoms with Crippen molar-refractivity contribution in [3.63, 3.8) is 0 Å². The molecular weight excluding hydrogens is 218 g/mol. The van der Waals surface area contributed by atoms with E-state index in [0.29, 0.717) is 11.9 Å². The van der Waals surface area contributed by atoms with Gasteiger partial charge < -0.3 is 9.64 Å². The van der Waals surface area contributed by atoms with E-state index in [1.165, 1.54) is 0 Å². The van der Waals surface area contributed by atoms with Crippen molar-refractivity contribution in [3.05, 3.63) is 18.0 Å². The molecule has 1 amide bonds. The fourth-order valence-corrected chi connectivity index (χ4v) is 2.83. The molecule has 2 bridgehead atoms. The maximum atomic E-state index is 10.9. The second kappa shape index (κ2) is 3.98. The van der Waals surface area contributed by atoms with Gasteiger partial charge in [0.15, 0.2) is 0 Å². The maximum Gasteiger partial charge on any atom is 0.316 e. The Hall–Kier alpha value is -1.65. The van der Waals surface area contributed by atoms with Crippen LogP contribution in [0.3, 0.4) is 0 Å². The molecule has 2 fully saturated rings. The molecule has 0 aromatic carbocycles. The average molecular weight is 233 g/mol. The van der Waals surface area contributed by atoms with E-state index >= 15 is 0 Å². The zero-order valence-electron chi connectivity index (χ0n) is 9.74. The van der Waals surface area contributed by atoms with Gasteiger partial charge in [-0.3, -0.25) is 4.79 Å². The van der Waals surface area contributed by atoms with Crippen LogP contribution in [-0.2, 0) is 4.79 Å². The highest BCUT2D eigenvalue weighted by Gasteiger charge is 2.46. The van der Waals surface area contributed by atoms with Crippen LogP contribution < -0.4 is 4.74 Å². The van der Waals surface area contributed by atoms with Crippen molar-refractivity contribution in [3.8, 4) is 6.01 Å². The molecule has 5 nitrogen and oxygen atoms in total. The minimum absolute atomic E-state index is 0.0571. The predicted octanol–water partition coefficient (Wildman–Crippen LogP) is 0.783. The Balaban J connectivity index is 1.70. The van der Waals surface area contributed by atoms with Crippen LogP contribution in [0.4, 0.5) is 0 Å². The third-order valence-corrected chi connectivity index (χ3v) is 3.61. The van der Waals surface area contributed by atoms with Gasteiger partial charge in [-0.15, -0.1) is 0 Å². The van der Waals surface area contributed by atoms with Gasteiger partial charge in [-0.1, -0.05) is 0 Å². The largest absolute Gasteiger partial charge is 0.458 e. The van der Waals surface area contributed by atoms with E-state index in [0.717, 1.165) is 31.4 Å². The van der Waals surface area contributed by atoms with E-state index in [1.54, 1.807) is 12.4 Å². The number of fused-ring (bicyclic) bond motifs is 2. The average Bonchev–Trinajstić information content (AvgIpc) is 2.91. The highest BCUT2D eigenvalue weighted by molar-refractivity contribution is 5.49. The van der Waals surface area contributed by atoms with Gasteiger partial charge >= 0.3 is 6.01 Å². The molecule has 0 unspecified atom stereocenters. The summed E-state index contributed by atoms with van der Waals surface area (Å²) in [4.78, 5) is 21.0. The number of ether oxygens (including phenoxy) is 1. The first kappa shape index (κ1) is 10.5. The van der Waals surface area contributed by atoms with Crippen molar-refractivity contribution >= 4 is 6.41 Å². The molecule has 17 heavy (non-hydrogen) atoms. The first-order chi connectivity index (χ1) is 8.26. The van der Waals surface area contributed by atoms with Crippen LogP contribution >= 0.6 is 0 Å². The van der Waals surface area contributed by atoms with Gasteiger partial charge in [0.05, 0.1) is 6.04 Å². The van der Waals surface area contributed by atoms with E-state index in [2.05, 4.69) is 9.97 Å². The van der Waals surface area contributed by atoms with Crippen molar-refractivity contribution in [1.29, 1.82) is 0 Å². The molecule has 3 atom stereocenters. The molecule has 1 aromatic heterocycles. The fraction of sp³-hybridized carbons (Fsp3) is 0.583. The van der Waals surface area contributed by atoms with Crippen molar-refractivity contribution in [2.45, 2.75) is 31.9 Å². The van der Waals surface area contributed by atoms with Crippen molar-refractivity contribution in [2.75, 3.05) is 6.54 Å². The Kier molecular flexibility index (Phi) is 2.46. The summed E-state index contributed by atoms with van der Waals surface area (Å²) in [6.45, 7) is 2.82. The van der Waals surface area contributed by atoms with E-state index in [9.17, 15) is 4.79 Å². The quantitative estimate of drug-likeness (QED) is 0.724. The summed E-state index contributed by atoms with van der Waals surface area (Å²) >= 11 is 0. The maximum absolute atomic E-state index is 10.9. The molecular formula is C12H15N3O2. The lowest BCUT2D eigenvalue weighted by atomic mass is 10.1. The molecule has 90 valence electrons. The summed E-state index contributed by atoms with van der Waals surface area (Å²) in [6.07, 6.45) is 6.53. The van der Waals surface area contributed by atoms with Gasteiger partial charge in [0.1, 0.15) is 6.10 Å². The van der Waals surface area contributed by atoms with Crippen LogP contribution in [0.15, 0.2) is 12.4 Å². The van der Waals surface area contributed by atoms with E-state index in [-0.39, 0.29) is 12.1 Å². The number of likely N-dealkylation sites (tertiary alicyclic amines) is 1. The van der Waals surface area contributed by atoms with Crippen LogP contribution in [0.25, 0.3) is 0 Å². The molecule has 0 N–H and O–H groups in total. The third kappa shape index (κ3) is 1.85. The molecule has 1 saturated carbocycles. The summed E-state index contributed by atoms with van der Waals surface area (Å²) in [7, 11) is 0. The summed E-state index contributed by atoms with van der Waals surface area (Å²) in [5.41, 5.74) is 1.01. The molecule has 5 heteroatoms.